The van der Waals surface area contributed by atoms with E-state index in [1.165, 1.54) is 18.3 Å². The molecular weight excluding hydrogens is 326 g/mol. The fraction of sp³-hybridized carbons (Fsp3) is 0.308. The fourth-order valence-corrected chi connectivity index (χ4v) is 1.49. The van der Waals surface area contributed by atoms with Crippen molar-refractivity contribution in [3.8, 4) is 0 Å². The normalized spacial score (nSPS) is 9.91. The van der Waals surface area contributed by atoms with Crippen molar-refractivity contribution in [1.82, 2.24) is 26.5 Å². The lowest BCUT2D eigenvalue weighted by Gasteiger charge is -2.10. The van der Waals surface area contributed by atoms with Gasteiger partial charge in [-0.3, -0.25) is 35.0 Å². The van der Waals surface area contributed by atoms with Crippen molar-refractivity contribution in [2.75, 3.05) is 6.54 Å². The molecule has 1 rings (SSSR count). The average Bonchev–Trinajstić information content (AvgIpc) is 2.49. The standard InChI is InChI=1S/C13H16ClN5O4/c1-7(2)17-12(22)13(23)19-18-10(20)6-16-11(21)9-5-8(14)3-4-15-9/h3-5,7H,6H2,1-2H3,(H,16,21)(H,17,22)(H,18,20)(H,19,23). The minimum atomic E-state index is -1.02. The number of aromatic nitrogens is 1. The minimum Gasteiger partial charge on any atom is -0.346 e. The molecule has 9 nitrogen and oxygen atoms in total. The molecule has 1 heterocycles. The van der Waals surface area contributed by atoms with E-state index in [1.807, 2.05) is 10.9 Å². The van der Waals surface area contributed by atoms with E-state index in [0.717, 1.165) is 0 Å². The first-order valence-electron chi connectivity index (χ1n) is 6.59. The summed E-state index contributed by atoms with van der Waals surface area (Å²) in [6.45, 7) is 2.95. The van der Waals surface area contributed by atoms with Gasteiger partial charge in [0.25, 0.3) is 11.8 Å². The van der Waals surface area contributed by atoms with Crippen molar-refractivity contribution in [2.24, 2.45) is 0 Å². The van der Waals surface area contributed by atoms with Gasteiger partial charge in [-0.1, -0.05) is 11.6 Å². The maximum absolute atomic E-state index is 11.7. The predicted octanol–water partition coefficient (Wildman–Crippen LogP) is -0.863. The van der Waals surface area contributed by atoms with Crippen LogP contribution in [0.4, 0.5) is 0 Å². The van der Waals surface area contributed by atoms with Gasteiger partial charge in [-0.2, -0.15) is 0 Å². The number of carbonyl (C=O) groups excluding carboxylic acids is 4. The molecule has 0 aromatic carbocycles. The molecule has 23 heavy (non-hydrogen) atoms. The van der Waals surface area contributed by atoms with Crippen molar-refractivity contribution < 1.29 is 19.2 Å². The van der Waals surface area contributed by atoms with Gasteiger partial charge in [0, 0.05) is 17.3 Å². The molecule has 0 saturated carbocycles. The van der Waals surface area contributed by atoms with Crippen molar-refractivity contribution in [3.05, 3.63) is 29.0 Å². The number of hydrogen-bond donors (Lipinski definition) is 4. The summed E-state index contributed by atoms with van der Waals surface area (Å²) in [5.74, 6) is -3.22. The van der Waals surface area contributed by atoms with Crippen LogP contribution >= 0.6 is 11.6 Å². The van der Waals surface area contributed by atoms with Gasteiger partial charge in [0.1, 0.15) is 5.69 Å². The molecule has 1 aromatic rings. The second-order valence-corrected chi connectivity index (χ2v) is 5.11. The van der Waals surface area contributed by atoms with Gasteiger partial charge in [0.15, 0.2) is 0 Å². The molecule has 1 aromatic heterocycles. The molecule has 0 aliphatic heterocycles. The predicted molar refractivity (Wildman–Crippen MR) is 81.1 cm³/mol. The molecule has 0 saturated heterocycles. The quantitative estimate of drug-likeness (QED) is 0.418. The summed E-state index contributed by atoms with van der Waals surface area (Å²) in [5.41, 5.74) is 3.96. The molecule has 0 aliphatic rings. The van der Waals surface area contributed by atoms with E-state index >= 15 is 0 Å². The van der Waals surface area contributed by atoms with Crippen LogP contribution in [0.5, 0.6) is 0 Å². The summed E-state index contributed by atoms with van der Waals surface area (Å²) in [6.07, 6.45) is 1.35. The van der Waals surface area contributed by atoms with E-state index in [9.17, 15) is 19.2 Å². The Labute approximate surface area is 137 Å². The van der Waals surface area contributed by atoms with Gasteiger partial charge in [-0.15, -0.1) is 0 Å². The average molecular weight is 342 g/mol. The van der Waals surface area contributed by atoms with E-state index < -0.39 is 30.2 Å². The molecule has 4 N–H and O–H groups in total. The molecule has 0 bridgehead atoms. The second kappa shape index (κ2) is 8.69. The highest BCUT2D eigenvalue weighted by atomic mass is 35.5. The third-order valence-corrected chi connectivity index (χ3v) is 2.54. The largest absolute Gasteiger partial charge is 0.346 e. The first-order valence-corrected chi connectivity index (χ1v) is 6.97. The summed E-state index contributed by atoms with van der Waals surface area (Å²) < 4.78 is 0. The number of nitrogens with one attached hydrogen (secondary N) is 4. The third-order valence-electron chi connectivity index (χ3n) is 2.31. The molecule has 0 unspecified atom stereocenters. The monoisotopic (exact) mass is 341 g/mol. The number of hydrazine groups is 1. The Morgan fingerprint density at radius 2 is 1.87 bits per heavy atom. The van der Waals surface area contributed by atoms with Crippen LogP contribution in [0, 0.1) is 0 Å². The Balaban J connectivity index is 2.36. The van der Waals surface area contributed by atoms with Crippen molar-refractivity contribution >= 4 is 35.2 Å². The zero-order valence-corrected chi connectivity index (χ0v) is 13.2. The lowest BCUT2D eigenvalue weighted by atomic mass is 10.3. The van der Waals surface area contributed by atoms with Crippen molar-refractivity contribution in [3.63, 3.8) is 0 Å². The van der Waals surface area contributed by atoms with Crippen LogP contribution in [0.3, 0.4) is 0 Å². The van der Waals surface area contributed by atoms with Gasteiger partial charge in [-0.25, -0.2) is 0 Å². The lowest BCUT2D eigenvalue weighted by Crippen LogP contribution is -2.51. The Morgan fingerprint density at radius 1 is 1.17 bits per heavy atom. The number of rotatable bonds is 4. The van der Waals surface area contributed by atoms with Gasteiger partial charge < -0.3 is 10.6 Å². The highest BCUT2D eigenvalue weighted by molar-refractivity contribution is 6.35. The summed E-state index contributed by atoms with van der Waals surface area (Å²) in [5, 5.41) is 4.97. The van der Waals surface area contributed by atoms with Gasteiger partial charge in [0.05, 0.1) is 6.54 Å². The number of pyridine rings is 1. The number of amides is 4. The van der Waals surface area contributed by atoms with Crippen LogP contribution in [0.15, 0.2) is 18.3 Å². The maximum Gasteiger partial charge on any atom is 0.327 e. The number of nitrogens with zero attached hydrogens (tertiary/aromatic N) is 1. The molecule has 0 radical (unpaired) electrons. The molecule has 0 fully saturated rings. The number of halogens is 1. The summed E-state index contributed by atoms with van der Waals surface area (Å²) in [4.78, 5) is 49.6. The summed E-state index contributed by atoms with van der Waals surface area (Å²) in [7, 11) is 0. The van der Waals surface area contributed by atoms with Crippen LogP contribution in [-0.4, -0.2) is 41.2 Å². The summed E-state index contributed by atoms with van der Waals surface area (Å²) >= 11 is 5.72. The molecule has 0 atom stereocenters. The SMILES string of the molecule is CC(C)NC(=O)C(=O)NNC(=O)CNC(=O)c1cc(Cl)ccn1. The Bertz CT molecular complexity index is 620. The van der Waals surface area contributed by atoms with E-state index in [0.29, 0.717) is 5.02 Å². The molecular formula is C13H16ClN5O4. The molecule has 0 spiro atoms. The van der Waals surface area contributed by atoms with E-state index in [1.54, 1.807) is 13.8 Å². The molecule has 4 amide bonds. The first kappa shape index (κ1) is 18.4. The Kier molecular flexibility index (Phi) is 6.94. The lowest BCUT2D eigenvalue weighted by molar-refractivity contribution is -0.141. The zero-order valence-electron chi connectivity index (χ0n) is 12.5. The van der Waals surface area contributed by atoms with Gasteiger partial charge in [-0.05, 0) is 26.0 Å². The van der Waals surface area contributed by atoms with Gasteiger partial charge in [0.2, 0.25) is 0 Å². The smallest absolute Gasteiger partial charge is 0.327 e. The second-order valence-electron chi connectivity index (χ2n) is 4.67. The van der Waals surface area contributed by atoms with Crippen LogP contribution in [0.1, 0.15) is 24.3 Å². The van der Waals surface area contributed by atoms with Crippen molar-refractivity contribution in [1.29, 1.82) is 0 Å². The molecule has 0 aliphatic carbocycles. The van der Waals surface area contributed by atoms with Crippen LogP contribution in [-0.2, 0) is 14.4 Å². The number of carbonyl (C=O) groups is 4. The highest BCUT2D eigenvalue weighted by Crippen LogP contribution is 2.07. The Morgan fingerprint density at radius 3 is 2.48 bits per heavy atom. The summed E-state index contributed by atoms with van der Waals surface area (Å²) in [6, 6.07) is 2.63. The van der Waals surface area contributed by atoms with Crippen molar-refractivity contribution in [2.45, 2.75) is 19.9 Å². The van der Waals surface area contributed by atoms with Gasteiger partial charge >= 0.3 is 11.8 Å². The van der Waals surface area contributed by atoms with E-state index in [2.05, 4.69) is 15.6 Å². The minimum absolute atomic E-state index is 0.0469. The van der Waals surface area contributed by atoms with Crippen LogP contribution < -0.4 is 21.5 Å². The first-order chi connectivity index (χ1) is 10.8. The topological polar surface area (TPSA) is 129 Å². The van der Waals surface area contributed by atoms with Crippen LogP contribution in [0.25, 0.3) is 0 Å². The zero-order chi connectivity index (χ0) is 17.4. The Hall–Kier alpha value is -2.68. The molecule has 10 heteroatoms. The fourth-order valence-electron chi connectivity index (χ4n) is 1.34. The highest BCUT2D eigenvalue weighted by Gasteiger charge is 2.15. The van der Waals surface area contributed by atoms with Crippen LogP contribution in [0.2, 0.25) is 5.02 Å². The molecule has 124 valence electrons. The maximum atomic E-state index is 11.7. The van der Waals surface area contributed by atoms with E-state index in [4.69, 9.17) is 11.6 Å². The number of hydrogen-bond acceptors (Lipinski definition) is 5. The van der Waals surface area contributed by atoms with E-state index in [-0.39, 0.29) is 11.7 Å². The third kappa shape index (κ3) is 6.74.